The first-order valence-corrected chi connectivity index (χ1v) is 9.80. The van der Waals surface area contributed by atoms with Gasteiger partial charge in [0.2, 0.25) is 0 Å². The molecule has 3 aromatic rings. The number of thiocarbonyl (C=S) groups is 1. The van der Waals surface area contributed by atoms with Gasteiger partial charge in [0.05, 0.1) is 22.3 Å². The fourth-order valence-electron chi connectivity index (χ4n) is 2.73. The summed E-state index contributed by atoms with van der Waals surface area (Å²) in [5, 5.41) is 9.34. The molecule has 0 fully saturated rings. The zero-order chi connectivity index (χ0) is 21.7. The van der Waals surface area contributed by atoms with Crippen LogP contribution in [0.2, 0.25) is 5.02 Å². The maximum Gasteiger partial charge on any atom is 0.258 e. The number of rotatable bonds is 5. The number of amides is 1. The Morgan fingerprint density at radius 3 is 2.37 bits per heavy atom. The van der Waals surface area contributed by atoms with Crippen LogP contribution in [0.1, 0.15) is 28.9 Å². The van der Waals surface area contributed by atoms with Gasteiger partial charge in [-0.1, -0.05) is 35.9 Å². The molecule has 0 heterocycles. The van der Waals surface area contributed by atoms with E-state index >= 15 is 0 Å². The van der Waals surface area contributed by atoms with Crippen molar-refractivity contribution in [1.82, 2.24) is 5.32 Å². The van der Waals surface area contributed by atoms with E-state index in [2.05, 4.69) is 16.0 Å². The van der Waals surface area contributed by atoms with E-state index in [0.29, 0.717) is 21.5 Å². The average molecular weight is 446 g/mol. The molecule has 0 spiro atoms. The molecule has 0 aliphatic heterocycles. The van der Waals surface area contributed by atoms with Gasteiger partial charge in [-0.05, 0) is 67.2 Å². The number of carbonyl (C=O) groups excluding carboxylic acids is 1. The van der Waals surface area contributed by atoms with Crippen molar-refractivity contribution < 1.29 is 13.6 Å². The quantitative estimate of drug-likeness (QED) is 0.427. The van der Waals surface area contributed by atoms with Gasteiger partial charge in [-0.2, -0.15) is 0 Å². The highest BCUT2D eigenvalue weighted by Crippen LogP contribution is 2.26. The van der Waals surface area contributed by atoms with Crippen molar-refractivity contribution in [3.8, 4) is 0 Å². The lowest BCUT2D eigenvalue weighted by Crippen LogP contribution is -2.31. The second kappa shape index (κ2) is 9.65. The minimum absolute atomic E-state index is 0.0593. The molecule has 30 heavy (non-hydrogen) atoms. The summed E-state index contributed by atoms with van der Waals surface area (Å²) in [5.41, 5.74) is 1.76. The zero-order valence-corrected chi connectivity index (χ0v) is 17.5. The SMILES string of the molecule is CC(NC(=S)Nc1ccc(NC(=O)c2ccccc2F)cc1Cl)c1ccc(F)cc1. The Kier molecular flexibility index (Phi) is 6.97. The predicted molar refractivity (Wildman–Crippen MR) is 120 cm³/mol. The standard InChI is InChI=1S/C22H18ClF2N3OS/c1-13(14-6-8-15(24)9-7-14)26-22(30)28-20-11-10-16(12-18(20)23)27-21(29)17-4-2-3-5-19(17)25/h2-13H,1H3,(H,27,29)(H2,26,28,30). The number of hydrogen-bond donors (Lipinski definition) is 3. The summed E-state index contributed by atoms with van der Waals surface area (Å²) < 4.78 is 26.8. The maximum atomic E-state index is 13.7. The first-order chi connectivity index (χ1) is 14.3. The van der Waals surface area contributed by atoms with Gasteiger partial charge in [-0.15, -0.1) is 0 Å². The molecule has 1 unspecified atom stereocenters. The van der Waals surface area contributed by atoms with Gasteiger partial charge in [-0.3, -0.25) is 4.79 Å². The van der Waals surface area contributed by atoms with E-state index in [9.17, 15) is 13.6 Å². The average Bonchev–Trinajstić information content (AvgIpc) is 2.70. The molecule has 0 aromatic heterocycles. The van der Waals surface area contributed by atoms with E-state index < -0.39 is 11.7 Å². The van der Waals surface area contributed by atoms with Gasteiger partial charge in [0.25, 0.3) is 5.91 Å². The summed E-state index contributed by atoms with van der Waals surface area (Å²) in [4.78, 5) is 12.2. The summed E-state index contributed by atoms with van der Waals surface area (Å²) in [6.45, 7) is 1.89. The van der Waals surface area contributed by atoms with E-state index in [1.165, 1.54) is 36.4 Å². The molecular formula is C22H18ClF2N3OS. The van der Waals surface area contributed by atoms with Crippen molar-refractivity contribution in [2.45, 2.75) is 13.0 Å². The lowest BCUT2D eigenvalue weighted by Gasteiger charge is -2.18. The molecule has 154 valence electrons. The van der Waals surface area contributed by atoms with Crippen molar-refractivity contribution in [2.24, 2.45) is 0 Å². The number of nitrogens with one attached hydrogen (secondary N) is 3. The van der Waals surface area contributed by atoms with Crippen LogP contribution in [-0.2, 0) is 0 Å². The van der Waals surface area contributed by atoms with Crippen LogP contribution in [0.4, 0.5) is 20.2 Å². The normalized spacial score (nSPS) is 11.5. The Morgan fingerprint density at radius 2 is 1.70 bits per heavy atom. The van der Waals surface area contributed by atoms with Crippen molar-refractivity contribution in [2.75, 3.05) is 10.6 Å². The number of hydrogen-bond acceptors (Lipinski definition) is 2. The first-order valence-electron chi connectivity index (χ1n) is 9.02. The smallest absolute Gasteiger partial charge is 0.258 e. The third-order valence-corrected chi connectivity index (χ3v) is 4.84. The monoisotopic (exact) mass is 445 g/mol. The summed E-state index contributed by atoms with van der Waals surface area (Å²) in [5.74, 6) is -1.48. The van der Waals surface area contributed by atoms with E-state index in [0.717, 1.165) is 5.56 Å². The molecule has 0 bridgehead atoms. The van der Waals surface area contributed by atoms with Crippen molar-refractivity contribution >= 4 is 46.2 Å². The lowest BCUT2D eigenvalue weighted by molar-refractivity contribution is 0.102. The second-order valence-electron chi connectivity index (χ2n) is 6.50. The van der Waals surface area contributed by atoms with Crippen LogP contribution in [0.15, 0.2) is 66.7 Å². The first kappa shape index (κ1) is 21.7. The molecule has 3 aromatic carbocycles. The van der Waals surface area contributed by atoms with E-state index in [1.54, 1.807) is 30.3 Å². The number of halogens is 3. The van der Waals surface area contributed by atoms with E-state index in [-0.39, 0.29) is 17.4 Å². The topological polar surface area (TPSA) is 53.2 Å². The summed E-state index contributed by atoms with van der Waals surface area (Å²) in [6.07, 6.45) is 0. The number of anilines is 2. The van der Waals surface area contributed by atoms with Crippen LogP contribution in [-0.4, -0.2) is 11.0 Å². The fourth-order valence-corrected chi connectivity index (χ4v) is 3.24. The summed E-state index contributed by atoms with van der Waals surface area (Å²) in [6, 6.07) is 16.5. The zero-order valence-electron chi connectivity index (χ0n) is 15.9. The molecule has 8 heteroatoms. The predicted octanol–water partition coefficient (Wildman–Crippen LogP) is 5.92. The molecule has 0 aliphatic rings. The largest absolute Gasteiger partial charge is 0.356 e. The number of benzene rings is 3. The van der Waals surface area contributed by atoms with Crippen LogP contribution < -0.4 is 16.0 Å². The van der Waals surface area contributed by atoms with Gasteiger partial charge < -0.3 is 16.0 Å². The van der Waals surface area contributed by atoms with Crippen LogP contribution in [0, 0.1) is 11.6 Å². The molecular weight excluding hydrogens is 428 g/mol. The molecule has 4 nitrogen and oxygen atoms in total. The Morgan fingerprint density at radius 1 is 1.00 bits per heavy atom. The Bertz CT molecular complexity index is 1080. The highest BCUT2D eigenvalue weighted by atomic mass is 35.5. The van der Waals surface area contributed by atoms with E-state index in [4.69, 9.17) is 23.8 Å². The van der Waals surface area contributed by atoms with Crippen molar-refractivity contribution in [1.29, 1.82) is 0 Å². The van der Waals surface area contributed by atoms with E-state index in [1.807, 2.05) is 6.92 Å². The molecule has 1 amide bonds. The fraction of sp³-hybridized carbons (Fsp3) is 0.0909. The van der Waals surface area contributed by atoms with Gasteiger partial charge in [0, 0.05) is 5.69 Å². The molecule has 0 saturated heterocycles. The Hall–Kier alpha value is -3.03. The second-order valence-corrected chi connectivity index (χ2v) is 7.32. The van der Waals surface area contributed by atoms with Crippen LogP contribution in [0.5, 0.6) is 0 Å². The van der Waals surface area contributed by atoms with Crippen molar-refractivity contribution in [3.05, 3.63) is 94.5 Å². The molecule has 0 aliphatic carbocycles. The summed E-state index contributed by atoms with van der Waals surface area (Å²) >= 11 is 11.6. The maximum absolute atomic E-state index is 13.7. The molecule has 1 atom stereocenters. The van der Waals surface area contributed by atoms with Gasteiger partial charge in [0.1, 0.15) is 11.6 Å². The van der Waals surface area contributed by atoms with Crippen molar-refractivity contribution in [3.63, 3.8) is 0 Å². The third-order valence-electron chi connectivity index (χ3n) is 4.31. The third kappa shape index (κ3) is 5.52. The van der Waals surface area contributed by atoms with Gasteiger partial charge in [-0.25, -0.2) is 8.78 Å². The lowest BCUT2D eigenvalue weighted by atomic mass is 10.1. The molecule has 0 saturated carbocycles. The molecule has 3 rings (SSSR count). The number of carbonyl (C=O) groups is 1. The minimum Gasteiger partial charge on any atom is -0.356 e. The summed E-state index contributed by atoms with van der Waals surface area (Å²) in [7, 11) is 0. The van der Waals surface area contributed by atoms with Crippen LogP contribution in [0.3, 0.4) is 0 Å². The van der Waals surface area contributed by atoms with Gasteiger partial charge in [0.15, 0.2) is 5.11 Å². The highest BCUT2D eigenvalue weighted by Gasteiger charge is 2.13. The molecule has 3 N–H and O–H groups in total. The molecule has 0 radical (unpaired) electrons. The Balaban J connectivity index is 1.62. The minimum atomic E-state index is -0.605. The Labute approximate surface area is 183 Å². The van der Waals surface area contributed by atoms with Crippen LogP contribution in [0.25, 0.3) is 0 Å². The van der Waals surface area contributed by atoms with Crippen LogP contribution >= 0.6 is 23.8 Å². The van der Waals surface area contributed by atoms with Gasteiger partial charge >= 0.3 is 0 Å². The highest BCUT2D eigenvalue weighted by molar-refractivity contribution is 7.80.